The van der Waals surface area contributed by atoms with Crippen LogP contribution in [0.3, 0.4) is 0 Å². The summed E-state index contributed by atoms with van der Waals surface area (Å²) in [5.74, 6) is 1.80. The Kier molecular flexibility index (Phi) is 7.25. The second-order valence-electron chi connectivity index (χ2n) is 6.69. The predicted octanol–water partition coefficient (Wildman–Crippen LogP) is 4.12. The Bertz CT molecular complexity index is 908. The lowest BCUT2D eigenvalue weighted by molar-refractivity contribution is -0.121. The number of hydrogen-bond donors (Lipinski definition) is 1. The average Bonchev–Trinajstić information content (AvgIpc) is 3.07. The van der Waals surface area contributed by atoms with Crippen molar-refractivity contribution in [2.45, 2.75) is 38.3 Å². The third-order valence-corrected chi connectivity index (χ3v) is 5.52. The molecule has 0 bridgehead atoms. The molecule has 1 amide bonds. The molecule has 0 atom stereocenters. The summed E-state index contributed by atoms with van der Waals surface area (Å²) in [6.45, 7) is 4.73. The van der Waals surface area contributed by atoms with Crippen LogP contribution in [0.5, 0.6) is 0 Å². The standard InChI is InChI=1S/C22H26N4OS/c1-17-9-6-7-12-20(17)26-18(2)24-25-22(26)28-16-8-13-21(27)23-15-14-19-10-4-3-5-11-19/h3-7,9-12H,8,13-16H2,1-2H3,(H,23,27). The van der Waals surface area contributed by atoms with Gasteiger partial charge in [0, 0.05) is 18.7 Å². The first kappa shape index (κ1) is 20.1. The highest BCUT2D eigenvalue weighted by Gasteiger charge is 2.13. The van der Waals surface area contributed by atoms with E-state index in [0.717, 1.165) is 35.3 Å². The van der Waals surface area contributed by atoms with Crippen LogP contribution in [0.15, 0.2) is 59.8 Å². The highest BCUT2D eigenvalue weighted by molar-refractivity contribution is 7.99. The molecule has 3 aromatic rings. The Morgan fingerprint density at radius 3 is 2.57 bits per heavy atom. The van der Waals surface area contributed by atoms with Crippen molar-refractivity contribution in [1.29, 1.82) is 0 Å². The number of para-hydroxylation sites is 1. The number of carbonyl (C=O) groups is 1. The molecule has 0 spiro atoms. The maximum Gasteiger partial charge on any atom is 0.220 e. The van der Waals surface area contributed by atoms with Crippen LogP contribution in [0.4, 0.5) is 0 Å². The molecule has 0 unspecified atom stereocenters. The fourth-order valence-corrected chi connectivity index (χ4v) is 3.93. The van der Waals surface area contributed by atoms with Crippen molar-refractivity contribution < 1.29 is 4.79 Å². The van der Waals surface area contributed by atoms with Gasteiger partial charge >= 0.3 is 0 Å². The lowest BCUT2D eigenvalue weighted by Crippen LogP contribution is -2.25. The van der Waals surface area contributed by atoms with Gasteiger partial charge in [0.25, 0.3) is 0 Å². The van der Waals surface area contributed by atoms with Gasteiger partial charge in [0.2, 0.25) is 5.91 Å². The lowest BCUT2D eigenvalue weighted by atomic mass is 10.1. The van der Waals surface area contributed by atoms with Crippen molar-refractivity contribution >= 4 is 17.7 Å². The van der Waals surface area contributed by atoms with Crippen molar-refractivity contribution in [2.24, 2.45) is 0 Å². The van der Waals surface area contributed by atoms with Gasteiger partial charge in [-0.25, -0.2) is 0 Å². The Morgan fingerprint density at radius 2 is 1.79 bits per heavy atom. The number of nitrogens with zero attached hydrogens (tertiary/aromatic N) is 3. The van der Waals surface area contributed by atoms with Gasteiger partial charge in [-0.3, -0.25) is 9.36 Å². The molecule has 1 aromatic heterocycles. The minimum absolute atomic E-state index is 0.105. The zero-order valence-corrected chi connectivity index (χ0v) is 17.2. The number of nitrogens with one attached hydrogen (secondary N) is 1. The summed E-state index contributed by atoms with van der Waals surface area (Å²) >= 11 is 1.64. The van der Waals surface area contributed by atoms with E-state index in [1.165, 1.54) is 11.1 Å². The topological polar surface area (TPSA) is 59.8 Å². The molecule has 1 N–H and O–H groups in total. The summed E-state index contributed by atoms with van der Waals surface area (Å²) in [6, 6.07) is 18.4. The van der Waals surface area contributed by atoms with Crippen LogP contribution in [0.25, 0.3) is 5.69 Å². The smallest absolute Gasteiger partial charge is 0.220 e. The first-order valence-corrected chi connectivity index (χ1v) is 10.5. The van der Waals surface area contributed by atoms with E-state index in [4.69, 9.17) is 0 Å². The van der Waals surface area contributed by atoms with Crippen LogP contribution >= 0.6 is 11.8 Å². The van der Waals surface area contributed by atoms with Crippen LogP contribution in [0.1, 0.15) is 29.8 Å². The normalized spacial score (nSPS) is 10.8. The molecule has 0 aliphatic carbocycles. The maximum atomic E-state index is 12.0. The second-order valence-corrected chi connectivity index (χ2v) is 7.75. The Hall–Kier alpha value is -2.60. The van der Waals surface area contributed by atoms with Crippen LogP contribution in [0.2, 0.25) is 0 Å². The molecule has 3 rings (SSSR count). The molecule has 0 fully saturated rings. The van der Waals surface area contributed by atoms with Gasteiger partial charge in [0.1, 0.15) is 5.82 Å². The van der Waals surface area contributed by atoms with E-state index < -0.39 is 0 Å². The van der Waals surface area contributed by atoms with Crippen LogP contribution in [-0.2, 0) is 11.2 Å². The number of aryl methyl sites for hydroxylation is 2. The van der Waals surface area contributed by atoms with Gasteiger partial charge in [-0.2, -0.15) is 0 Å². The van der Waals surface area contributed by atoms with Gasteiger partial charge in [-0.15, -0.1) is 10.2 Å². The van der Waals surface area contributed by atoms with E-state index in [-0.39, 0.29) is 5.91 Å². The molecule has 0 aliphatic rings. The first-order valence-electron chi connectivity index (χ1n) is 9.56. The number of carbonyl (C=O) groups excluding carboxylic acids is 1. The fraction of sp³-hybridized carbons (Fsp3) is 0.318. The minimum Gasteiger partial charge on any atom is -0.356 e. The van der Waals surface area contributed by atoms with Crippen molar-refractivity contribution in [3.63, 3.8) is 0 Å². The lowest BCUT2D eigenvalue weighted by Gasteiger charge is -2.11. The molecule has 6 heteroatoms. The molecule has 1 heterocycles. The summed E-state index contributed by atoms with van der Waals surface area (Å²) in [6.07, 6.45) is 2.20. The summed E-state index contributed by atoms with van der Waals surface area (Å²) in [5.41, 5.74) is 3.53. The minimum atomic E-state index is 0.105. The quantitative estimate of drug-likeness (QED) is 0.438. The van der Waals surface area contributed by atoms with Crippen LogP contribution in [-0.4, -0.2) is 33.0 Å². The van der Waals surface area contributed by atoms with Crippen molar-refractivity contribution in [3.05, 3.63) is 71.5 Å². The van der Waals surface area contributed by atoms with Gasteiger partial charge in [0.05, 0.1) is 5.69 Å². The largest absolute Gasteiger partial charge is 0.356 e. The molecular formula is C22H26N4OS. The molecule has 0 saturated carbocycles. The molecule has 28 heavy (non-hydrogen) atoms. The number of hydrogen-bond acceptors (Lipinski definition) is 4. The molecule has 0 aliphatic heterocycles. The number of rotatable bonds is 9. The number of amides is 1. The molecule has 146 valence electrons. The van der Waals surface area contributed by atoms with E-state index in [2.05, 4.69) is 51.3 Å². The van der Waals surface area contributed by atoms with Crippen LogP contribution in [0, 0.1) is 13.8 Å². The van der Waals surface area contributed by atoms with Crippen LogP contribution < -0.4 is 5.32 Å². The fourth-order valence-electron chi connectivity index (χ4n) is 3.00. The maximum absolute atomic E-state index is 12.0. The summed E-state index contributed by atoms with van der Waals surface area (Å²) in [7, 11) is 0. The summed E-state index contributed by atoms with van der Waals surface area (Å²) in [5, 5.41) is 12.4. The van der Waals surface area contributed by atoms with E-state index in [9.17, 15) is 4.79 Å². The highest BCUT2D eigenvalue weighted by atomic mass is 32.2. The van der Waals surface area contributed by atoms with E-state index in [0.29, 0.717) is 13.0 Å². The van der Waals surface area contributed by atoms with Gasteiger partial charge in [-0.05, 0) is 43.9 Å². The highest BCUT2D eigenvalue weighted by Crippen LogP contribution is 2.24. The summed E-state index contributed by atoms with van der Waals surface area (Å²) in [4.78, 5) is 12.0. The summed E-state index contributed by atoms with van der Waals surface area (Å²) < 4.78 is 2.08. The third-order valence-electron chi connectivity index (χ3n) is 4.51. The third kappa shape index (κ3) is 5.45. The molecule has 0 saturated heterocycles. The van der Waals surface area contributed by atoms with Gasteiger partial charge < -0.3 is 5.32 Å². The molecule has 2 aromatic carbocycles. The number of benzene rings is 2. The van der Waals surface area contributed by atoms with E-state index in [1.807, 2.05) is 37.3 Å². The van der Waals surface area contributed by atoms with Crippen molar-refractivity contribution in [3.8, 4) is 5.69 Å². The number of aromatic nitrogens is 3. The zero-order chi connectivity index (χ0) is 19.8. The Morgan fingerprint density at radius 1 is 1.04 bits per heavy atom. The molecule has 5 nitrogen and oxygen atoms in total. The monoisotopic (exact) mass is 394 g/mol. The molecular weight excluding hydrogens is 368 g/mol. The van der Waals surface area contributed by atoms with E-state index >= 15 is 0 Å². The zero-order valence-electron chi connectivity index (χ0n) is 16.4. The first-order chi connectivity index (χ1) is 13.6. The molecule has 0 radical (unpaired) electrons. The van der Waals surface area contributed by atoms with Gasteiger partial charge in [-0.1, -0.05) is 60.3 Å². The van der Waals surface area contributed by atoms with E-state index in [1.54, 1.807) is 11.8 Å². The predicted molar refractivity (Wildman–Crippen MR) is 114 cm³/mol. The Labute approximate surface area is 170 Å². The Balaban J connectivity index is 1.43. The van der Waals surface area contributed by atoms with Crippen molar-refractivity contribution in [1.82, 2.24) is 20.1 Å². The average molecular weight is 395 g/mol. The SMILES string of the molecule is Cc1ccccc1-n1c(C)nnc1SCCCC(=O)NCCc1ccccc1. The second kappa shape index (κ2) is 10.1. The number of thioether (sulfide) groups is 1. The van der Waals surface area contributed by atoms with Gasteiger partial charge in [0.15, 0.2) is 5.16 Å². The van der Waals surface area contributed by atoms with Crippen molar-refractivity contribution in [2.75, 3.05) is 12.3 Å².